The van der Waals surface area contributed by atoms with Gasteiger partial charge in [0.15, 0.2) is 0 Å². The molecule has 0 amide bonds. The van der Waals surface area contributed by atoms with Gasteiger partial charge in [0, 0.05) is 23.9 Å². The molecule has 0 aromatic heterocycles. The van der Waals surface area contributed by atoms with Gasteiger partial charge in [-0.25, -0.2) is 0 Å². The minimum absolute atomic E-state index is 0.361. The molecule has 2 heteroatoms. The van der Waals surface area contributed by atoms with Gasteiger partial charge in [0.25, 0.3) is 0 Å². The Bertz CT molecular complexity index is 772. The summed E-state index contributed by atoms with van der Waals surface area (Å²) in [5, 5.41) is 0. The van der Waals surface area contributed by atoms with E-state index in [9.17, 15) is 0 Å². The van der Waals surface area contributed by atoms with E-state index < -0.39 is 0 Å². The highest BCUT2D eigenvalue weighted by Gasteiger charge is 2.41. The van der Waals surface area contributed by atoms with Gasteiger partial charge in [0.2, 0.25) is 0 Å². The van der Waals surface area contributed by atoms with E-state index in [1.165, 1.54) is 40.9 Å². The van der Waals surface area contributed by atoms with Crippen molar-refractivity contribution < 1.29 is 4.74 Å². The Morgan fingerprint density at radius 2 is 2.04 bits per heavy atom. The van der Waals surface area contributed by atoms with Gasteiger partial charge in [-0.15, -0.1) is 0 Å². The van der Waals surface area contributed by atoms with Crippen LogP contribution in [0, 0.1) is 12.8 Å². The van der Waals surface area contributed by atoms with Crippen molar-refractivity contribution in [2.24, 2.45) is 5.92 Å². The maximum atomic E-state index is 5.84. The van der Waals surface area contributed by atoms with Crippen molar-refractivity contribution in [3.8, 4) is 0 Å². The minimum atomic E-state index is 0.361. The van der Waals surface area contributed by atoms with Crippen LogP contribution in [0.3, 0.4) is 0 Å². The van der Waals surface area contributed by atoms with Crippen LogP contribution in [-0.2, 0) is 4.74 Å². The van der Waals surface area contributed by atoms with Crippen LogP contribution in [0.4, 0.5) is 5.69 Å². The highest BCUT2D eigenvalue weighted by Crippen LogP contribution is 2.50. The summed E-state index contributed by atoms with van der Waals surface area (Å²) < 4.78 is 5.84. The maximum Gasteiger partial charge on any atom is 0.0786 e. The first-order valence-corrected chi connectivity index (χ1v) is 9.28. The Morgan fingerprint density at radius 3 is 2.96 bits per heavy atom. The Morgan fingerprint density at radius 1 is 1.12 bits per heavy atom. The fourth-order valence-electron chi connectivity index (χ4n) is 4.98. The molecule has 1 aromatic carbocycles. The molecule has 0 bridgehead atoms. The second kappa shape index (κ2) is 5.35. The van der Waals surface area contributed by atoms with E-state index in [-0.39, 0.29) is 0 Å². The summed E-state index contributed by atoms with van der Waals surface area (Å²) in [5.74, 6) is 1.23. The van der Waals surface area contributed by atoms with Gasteiger partial charge in [-0.2, -0.15) is 0 Å². The number of aryl methyl sites for hydroxylation is 1. The SMILES string of the molecule is CC1=CC=C2[C@H](C1)c1cc(C)ccc1N2[C@H]1C=C[C@H]2OCCC2C1. The van der Waals surface area contributed by atoms with E-state index in [2.05, 4.69) is 61.3 Å². The molecule has 2 aliphatic heterocycles. The molecule has 2 aliphatic carbocycles. The largest absolute Gasteiger partial charge is 0.374 e. The van der Waals surface area contributed by atoms with Crippen LogP contribution < -0.4 is 4.90 Å². The molecule has 2 nitrogen and oxygen atoms in total. The number of hydrogen-bond acceptors (Lipinski definition) is 2. The molecule has 1 unspecified atom stereocenters. The fourth-order valence-corrected chi connectivity index (χ4v) is 4.98. The third kappa shape index (κ3) is 2.12. The van der Waals surface area contributed by atoms with E-state index in [0.29, 0.717) is 24.0 Å². The van der Waals surface area contributed by atoms with E-state index in [4.69, 9.17) is 4.74 Å². The molecule has 0 N–H and O–H groups in total. The molecular weight excluding hydrogens is 294 g/mol. The number of benzene rings is 1. The summed E-state index contributed by atoms with van der Waals surface area (Å²) in [7, 11) is 0. The highest BCUT2D eigenvalue weighted by molar-refractivity contribution is 5.71. The summed E-state index contributed by atoms with van der Waals surface area (Å²) in [6.07, 6.45) is 13.3. The lowest BCUT2D eigenvalue weighted by Crippen LogP contribution is -2.37. The van der Waals surface area contributed by atoms with E-state index in [1.807, 2.05) is 0 Å². The summed E-state index contributed by atoms with van der Waals surface area (Å²) in [4.78, 5) is 2.62. The molecule has 1 aromatic rings. The first kappa shape index (κ1) is 14.5. The number of fused-ring (bicyclic) bond motifs is 4. The summed E-state index contributed by atoms with van der Waals surface area (Å²) >= 11 is 0. The van der Waals surface area contributed by atoms with Crippen molar-refractivity contribution in [1.82, 2.24) is 0 Å². The number of rotatable bonds is 1. The van der Waals surface area contributed by atoms with Crippen molar-refractivity contribution in [3.05, 3.63) is 64.9 Å². The molecule has 0 spiro atoms. The summed E-state index contributed by atoms with van der Waals surface area (Å²) in [6, 6.07) is 7.47. The summed E-state index contributed by atoms with van der Waals surface area (Å²) in [6.45, 7) is 5.39. The highest BCUT2D eigenvalue weighted by atomic mass is 16.5. The third-order valence-electron chi connectivity index (χ3n) is 6.18. The zero-order valence-electron chi connectivity index (χ0n) is 14.5. The molecule has 1 fully saturated rings. The molecule has 2 heterocycles. The van der Waals surface area contributed by atoms with Crippen LogP contribution in [0.15, 0.2) is 53.8 Å². The summed E-state index contributed by atoms with van der Waals surface area (Å²) in [5.41, 5.74) is 7.29. The molecule has 4 aliphatic rings. The zero-order chi connectivity index (χ0) is 16.3. The monoisotopic (exact) mass is 319 g/mol. The topological polar surface area (TPSA) is 12.5 Å². The second-order valence-corrected chi connectivity index (χ2v) is 7.87. The van der Waals surface area contributed by atoms with Crippen LogP contribution in [0.2, 0.25) is 0 Å². The van der Waals surface area contributed by atoms with Gasteiger partial charge < -0.3 is 9.64 Å². The van der Waals surface area contributed by atoms with E-state index in [0.717, 1.165) is 13.0 Å². The van der Waals surface area contributed by atoms with Gasteiger partial charge in [0.05, 0.1) is 12.1 Å². The smallest absolute Gasteiger partial charge is 0.0786 e. The molecular formula is C22H25NO. The molecule has 0 radical (unpaired) electrons. The number of nitrogens with zero attached hydrogens (tertiary/aromatic N) is 1. The lowest BCUT2D eigenvalue weighted by atomic mass is 9.86. The first-order valence-electron chi connectivity index (χ1n) is 9.28. The molecule has 0 saturated carbocycles. The van der Waals surface area contributed by atoms with Crippen LogP contribution in [0.25, 0.3) is 0 Å². The standard InChI is InChI=1S/C22H25NO/c1-14-3-6-20-18(11-14)19-12-15(2)4-7-21(19)23(20)17-5-8-22-16(13-17)9-10-24-22/h3-8,11,16-17,19,22H,9-10,12-13H2,1-2H3/t16?,17-,19+,22+/m0/s1. The van der Waals surface area contributed by atoms with Crippen molar-refractivity contribution in [1.29, 1.82) is 0 Å². The van der Waals surface area contributed by atoms with Gasteiger partial charge in [-0.3, -0.25) is 0 Å². The van der Waals surface area contributed by atoms with Crippen molar-refractivity contribution >= 4 is 5.69 Å². The normalized spacial score (nSPS) is 33.7. The maximum absolute atomic E-state index is 5.84. The van der Waals surface area contributed by atoms with E-state index >= 15 is 0 Å². The Kier molecular flexibility index (Phi) is 3.24. The van der Waals surface area contributed by atoms with Crippen molar-refractivity contribution in [2.45, 2.75) is 51.2 Å². The van der Waals surface area contributed by atoms with Crippen molar-refractivity contribution in [3.63, 3.8) is 0 Å². The van der Waals surface area contributed by atoms with Crippen molar-refractivity contribution in [2.75, 3.05) is 11.5 Å². The molecule has 4 atom stereocenters. The Hall–Kier alpha value is -1.80. The lowest BCUT2D eigenvalue weighted by Gasteiger charge is -2.36. The van der Waals surface area contributed by atoms with Gasteiger partial charge >= 0.3 is 0 Å². The number of allylic oxidation sites excluding steroid dienone is 4. The van der Waals surface area contributed by atoms with Crippen LogP contribution >= 0.6 is 0 Å². The number of hydrogen-bond donors (Lipinski definition) is 0. The molecule has 124 valence electrons. The van der Waals surface area contributed by atoms with Crippen LogP contribution in [0.1, 0.15) is 43.2 Å². The average Bonchev–Trinajstić information content (AvgIpc) is 3.16. The Balaban J connectivity index is 1.58. The predicted molar refractivity (Wildman–Crippen MR) is 98.2 cm³/mol. The third-order valence-corrected chi connectivity index (χ3v) is 6.18. The predicted octanol–water partition coefficient (Wildman–Crippen LogP) is 4.87. The van der Waals surface area contributed by atoms with Crippen LogP contribution in [0.5, 0.6) is 0 Å². The number of ether oxygens (including phenoxy) is 1. The second-order valence-electron chi connectivity index (χ2n) is 7.87. The Labute approximate surface area is 144 Å². The number of anilines is 1. The van der Waals surface area contributed by atoms with Gasteiger partial charge in [0.1, 0.15) is 0 Å². The molecule has 24 heavy (non-hydrogen) atoms. The van der Waals surface area contributed by atoms with Gasteiger partial charge in [-0.1, -0.05) is 41.5 Å². The average molecular weight is 319 g/mol. The van der Waals surface area contributed by atoms with Gasteiger partial charge in [-0.05, 0) is 56.7 Å². The molecule has 1 saturated heterocycles. The molecule has 5 rings (SSSR count). The minimum Gasteiger partial charge on any atom is -0.374 e. The van der Waals surface area contributed by atoms with E-state index in [1.54, 1.807) is 0 Å². The van der Waals surface area contributed by atoms with Crippen LogP contribution in [-0.4, -0.2) is 18.8 Å². The lowest BCUT2D eigenvalue weighted by molar-refractivity contribution is 0.121. The quantitative estimate of drug-likeness (QED) is 0.685. The zero-order valence-corrected chi connectivity index (χ0v) is 14.5. The first-order chi connectivity index (χ1) is 11.7. The fraction of sp³-hybridized carbons (Fsp3) is 0.455.